The van der Waals surface area contributed by atoms with Crippen LogP contribution >= 0.6 is 11.6 Å². The van der Waals surface area contributed by atoms with E-state index in [2.05, 4.69) is 16.1 Å². The van der Waals surface area contributed by atoms with Crippen molar-refractivity contribution in [3.63, 3.8) is 0 Å². The molecule has 7 nitrogen and oxygen atoms in total. The number of likely N-dealkylation sites (tertiary alicyclic amines) is 1. The molecule has 1 aromatic carbocycles. The standard InChI is InChI=1S/C26H26ClN5O2/c1-17-12-20(23-9-10-29-31(23)2)19-6-5-7-24(26(19)30-17)34-16-21-18(13-28-14-22(21)27)15-32-11-4-3-8-25(32)33/h5-7,9-10,12-14H,3-4,8,11,15-16H2,1-2H3. The Morgan fingerprint density at radius 3 is 2.85 bits per heavy atom. The maximum Gasteiger partial charge on any atom is 0.222 e. The van der Waals surface area contributed by atoms with Crippen LogP contribution in [-0.4, -0.2) is 37.1 Å². The van der Waals surface area contributed by atoms with Crippen LogP contribution in [0.25, 0.3) is 22.2 Å². The fourth-order valence-electron chi connectivity index (χ4n) is 4.50. The smallest absolute Gasteiger partial charge is 0.222 e. The molecule has 0 unspecified atom stereocenters. The molecule has 0 N–H and O–H groups in total. The van der Waals surface area contributed by atoms with Crippen molar-refractivity contribution in [3.8, 4) is 17.0 Å². The van der Waals surface area contributed by atoms with Crippen molar-refractivity contribution < 1.29 is 9.53 Å². The molecule has 5 rings (SSSR count). The van der Waals surface area contributed by atoms with Gasteiger partial charge in [0.2, 0.25) is 5.91 Å². The van der Waals surface area contributed by atoms with Crippen molar-refractivity contribution in [2.24, 2.45) is 7.05 Å². The molecule has 0 saturated carbocycles. The molecule has 34 heavy (non-hydrogen) atoms. The van der Waals surface area contributed by atoms with Gasteiger partial charge in [-0.05, 0) is 43.5 Å². The monoisotopic (exact) mass is 475 g/mol. The van der Waals surface area contributed by atoms with Gasteiger partial charge in [-0.3, -0.25) is 14.5 Å². The number of fused-ring (bicyclic) bond motifs is 1. The van der Waals surface area contributed by atoms with Crippen molar-refractivity contribution in [1.82, 2.24) is 24.6 Å². The van der Waals surface area contributed by atoms with Crippen LogP contribution in [0.2, 0.25) is 5.02 Å². The van der Waals surface area contributed by atoms with Gasteiger partial charge in [0.1, 0.15) is 17.9 Å². The van der Waals surface area contributed by atoms with E-state index in [1.54, 1.807) is 18.6 Å². The molecule has 0 spiro atoms. The molecule has 8 heteroatoms. The van der Waals surface area contributed by atoms with E-state index in [1.807, 2.05) is 47.8 Å². The second kappa shape index (κ2) is 9.43. The SMILES string of the molecule is Cc1cc(-c2ccnn2C)c2cccc(OCc3c(Cl)cncc3CN3CCCCC3=O)c2n1. The Morgan fingerprint density at radius 2 is 2.06 bits per heavy atom. The van der Waals surface area contributed by atoms with Gasteiger partial charge >= 0.3 is 0 Å². The van der Waals surface area contributed by atoms with Crippen LogP contribution in [0.3, 0.4) is 0 Å². The third-order valence-corrected chi connectivity index (χ3v) is 6.60. The fraction of sp³-hybridized carbons (Fsp3) is 0.308. The van der Waals surface area contributed by atoms with Gasteiger partial charge in [-0.25, -0.2) is 4.98 Å². The summed E-state index contributed by atoms with van der Waals surface area (Å²) in [4.78, 5) is 23.2. The second-order valence-corrected chi connectivity index (χ2v) is 9.03. The summed E-state index contributed by atoms with van der Waals surface area (Å²) >= 11 is 6.53. The summed E-state index contributed by atoms with van der Waals surface area (Å²) < 4.78 is 8.15. The highest BCUT2D eigenvalue weighted by Gasteiger charge is 2.21. The average Bonchev–Trinajstić information content (AvgIpc) is 3.25. The fourth-order valence-corrected chi connectivity index (χ4v) is 4.73. The quantitative estimate of drug-likeness (QED) is 0.388. The molecule has 0 atom stereocenters. The van der Waals surface area contributed by atoms with Gasteiger partial charge in [-0.1, -0.05) is 23.7 Å². The number of hydrogen-bond donors (Lipinski definition) is 0. The average molecular weight is 476 g/mol. The first-order valence-corrected chi connectivity index (χ1v) is 11.8. The normalized spacial score (nSPS) is 14.1. The molecular weight excluding hydrogens is 450 g/mol. The van der Waals surface area contributed by atoms with E-state index >= 15 is 0 Å². The van der Waals surface area contributed by atoms with Crippen molar-refractivity contribution in [2.45, 2.75) is 39.3 Å². The van der Waals surface area contributed by atoms with E-state index in [0.29, 0.717) is 23.7 Å². The van der Waals surface area contributed by atoms with Gasteiger partial charge in [0.05, 0.1) is 10.7 Å². The second-order valence-electron chi connectivity index (χ2n) is 8.62. The Labute approximate surface area is 203 Å². The highest BCUT2D eigenvalue weighted by molar-refractivity contribution is 6.31. The number of rotatable bonds is 6. The zero-order valence-corrected chi connectivity index (χ0v) is 20.0. The largest absolute Gasteiger partial charge is 0.487 e. The number of hydrogen-bond acceptors (Lipinski definition) is 5. The van der Waals surface area contributed by atoms with Crippen LogP contribution in [0.15, 0.2) is 48.9 Å². The molecule has 1 aliphatic rings. The lowest BCUT2D eigenvalue weighted by molar-refractivity contribution is -0.133. The minimum Gasteiger partial charge on any atom is -0.487 e. The first-order chi connectivity index (χ1) is 16.5. The number of nitrogens with zero attached hydrogens (tertiary/aromatic N) is 5. The maximum absolute atomic E-state index is 12.3. The summed E-state index contributed by atoms with van der Waals surface area (Å²) in [6.07, 6.45) is 7.75. The predicted octanol–water partition coefficient (Wildman–Crippen LogP) is 5.08. The molecule has 0 bridgehead atoms. The number of aryl methyl sites for hydroxylation is 2. The third-order valence-electron chi connectivity index (χ3n) is 6.28. The van der Waals surface area contributed by atoms with E-state index in [-0.39, 0.29) is 12.5 Å². The Kier molecular flexibility index (Phi) is 6.20. The molecule has 1 saturated heterocycles. The Bertz CT molecular complexity index is 1370. The molecular formula is C26H26ClN5O2. The number of pyridine rings is 2. The zero-order valence-electron chi connectivity index (χ0n) is 19.3. The lowest BCUT2D eigenvalue weighted by Crippen LogP contribution is -2.35. The lowest BCUT2D eigenvalue weighted by Gasteiger charge is -2.27. The first-order valence-electron chi connectivity index (χ1n) is 11.4. The molecule has 3 aromatic heterocycles. The summed E-state index contributed by atoms with van der Waals surface area (Å²) in [5.74, 6) is 0.854. The minimum absolute atomic E-state index is 0.175. The molecule has 4 aromatic rings. The van der Waals surface area contributed by atoms with E-state index in [4.69, 9.17) is 21.3 Å². The molecule has 1 fully saturated rings. The summed E-state index contributed by atoms with van der Waals surface area (Å²) in [6, 6.07) is 9.99. The van der Waals surface area contributed by atoms with Crippen LogP contribution in [-0.2, 0) is 25.0 Å². The van der Waals surface area contributed by atoms with E-state index in [0.717, 1.165) is 58.4 Å². The number of benzene rings is 1. The van der Waals surface area contributed by atoms with Gasteiger partial charge in [-0.15, -0.1) is 0 Å². The van der Waals surface area contributed by atoms with Crippen LogP contribution < -0.4 is 4.74 Å². The third kappa shape index (κ3) is 4.35. The molecule has 1 aliphatic heterocycles. The Balaban J connectivity index is 1.47. The van der Waals surface area contributed by atoms with Crippen molar-refractivity contribution in [3.05, 3.63) is 70.8 Å². The lowest BCUT2D eigenvalue weighted by atomic mass is 10.0. The number of para-hydroxylation sites is 1. The predicted molar refractivity (Wildman–Crippen MR) is 132 cm³/mol. The van der Waals surface area contributed by atoms with Crippen molar-refractivity contribution in [1.29, 1.82) is 0 Å². The number of carbonyl (C=O) groups is 1. The number of amides is 1. The number of halogens is 1. The topological polar surface area (TPSA) is 73.1 Å². The summed E-state index contributed by atoms with van der Waals surface area (Å²) in [6.45, 7) is 3.48. The molecule has 4 heterocycles. The number of aromatic nitrogens is 4. The Hall–Kier alpha value is -3.45. The highest BCUT2D eigenvalue weighted by Crippen LogP contribution is 2.34. The summed E-state index contributed by atoms with van der Waals surface area (Å²) in [5.41, 5.74) is 5.49. The zero-order chi connectivity index (χ0) is 23.7. The summed E-state index contributed by atoms with van der Waals surface area (Å²) in [7, 11) is 1.93. The van der Waals surface area contributed by atoms with Gasteiger partial charge in [0.15, 0.2) is 0 Å². The van der Waals surface area contributed by atoms with Crippen LogP contribution in [0.5, 0.6) is 5.75 Å². The van der Waals surface area contributed by atoms with E-state index in [9.17, 15) is 4.79 Å². The molecule has 1 amide bonds. The van der Waals surface area contributed by atoms with Crippen LogP contribution in [0, 0.1) is 6.92 Å². The van der Waals surface area contributed by atoms with Crippen molar-refractivity contribution >= 4 is 28.4 Å². The highest BCUT2D eigenvalue weighted by atomic mass is 35.5. The van der Waals surface area contributed by atoms with Gasteiger partial charge in [0.25, 0.3) is 0 Å². The van der Waals surface area contributed by atoms with Crippen molar-refractivity contribution in [2.75, 3.05) is 6.54 Å². The number of carbonyl (C=O) groups excluding carboxylic acids is 1. The number of piperidine rings is 1. The van der Waals surface area contributed by atoms with E-state index < -0.39 is 0 Å². The van der Waals surface area contributed by atoms with E-state index in [1.165, 1.54) is 0 Å². The minimum atomic E-state index is 0.175. The van der Waals surface area contributed by atoms with Gasteiger partial charge in [0, 0.05) is 67.4 Å². The molecule has 174 valence electrons. The first kappa shape index (κ1) is 22.3. The summed E-state index contributed by atoms with van der Waals surface area (Å²) in [5, 5.41) is 5.84. The maximum atomic E-state index is 12.3. The molecule has 0 radical (unpaired) electrons. The number of ether oxygens (including phenoxy) is 1. The Morgan fingerprint density at radius 1 is 1.18 bits per heavy atom. The molecule has 0 aliphatic carbocycles. The van der Waals surface area contributed by atoms with Crippen LogP contribution in [0.1, 0.15) is 36.1 Å². The van der Waals surface area contributed by atoms with Gasteiger partial charge in [-0.2, -0.15) is 5.10 Å². The van der Waals surface area contributed by atoms with Crippen LogP contribution in [0.4, 0.5) is 0 Å². The van der Waals surface area contributed by atoms with Gasteiger partial charge < -0.3 is 9.64 Å².